The van der Waals surface area contributed by atoms with Crippen LogP contribution < -0.4 is 5.56 Å². The molecule has 0 fully saturated rings. The molecular formula is C15H9ClF2N2O. The number of hydrogen-bond acceptors (Lipinski definition) is 2. The lowest BCUT2D eigenvalue weighted by Crippen LogP contribution is -2.21. The van der Waals surface area contributed by atoms with Crippen molar-refractivity contribution in [3.05, 3.63) is 75.3 Å². The molecule has 0 saturated heterocycles. The Bertz CT molecular complexity index is 892. The molecule has 3 nitrogen and oxygen atoms in total. The Hall–Kier alpha value is -2.27. The molecule has 0 bridgehead atoms. The molecule has 0 radical (unpaired) electrons. The maximum absolute atomic E-state index is 13.2. The van der Waals surface area contributed by atoms with Crippen LogP contribution in [-0.2, 0) is 6.54 Å². The van der Waals surface area contributed by atoms with Crippen molar-refractivity contribution in [2.75, 3.05) is 0 Å². The molecule has 2 aromatic carbocycles. The molecule has 21 heavy (non-hydrogen) atoms. The SMILES string of the molecule is O=c1c2cc(Cl)ccc2ncn1Cc1ccc(F)c(F)c1. The fourth-order valence-corrected chi connectivity index (χ4v) is 2.25. The molecule has 0 atom stereocenters. The molecule has 3 aromatic rings. The van der Waals surface area contributed by atoms with Crippen LogP contribution in [0.1, 0.15) is 5.56 Å². The van der Waals surface area contributed by atoms with Crippen LogP contribution >= 0.6 is 11.6 Å². The Kier molecular flexibility index (Phi) is 3.43. The first kappa shape index (κ1) is 13.7. The summed E-state index contributed by atoms with van der Waals surface area (Å²) in [6.07, 6.45) is 1.37. The highest BCUT2D eigenvalue weighted by Gasteiger charge is 2.07. The fraction of sp³-hybridized carbons (Fsp3) is 0.0667. The van der Waals surface area contributed by atoms with Crippen LogP contribution in [0.25, 0.3) is 10.9 Å². The van der Waals surface area contributed by atoms with Crippen molar-refractivity contribution < 1.29 is 8.78 Å². The molecule has 0 N–H and O–H groups in total. The first-order valence-electron chi connectivity index (χ1n) is 6.13. The third kappa shape index (κ3) is 2.64. The maximum atomic E-state index is 13.2. The molecule has 106 valence electrons. The number of aromatic nitrogens is 2. The van der Waals surface area contributed by atoms with Gasteiger partial charge in [-0.1, -0.05) is 17.7 Å². The second kappa shape index (κ2) is 5.26. The van der Waals surface area contributed by atoms with Gasteiger partial charge in [0.25, 0.3) is 5.56 Å². The van der Waals surface area contributed by atoms with Gasteiger partial charge in [0.1, 0.15) is 0 Å². The minimum absolute atomic E-state index is 0.103. The van der Waals surface area contributed by atoms with Gasteiger partial charge in [0.2, 0.25) is 0 Å². The van der Waals surface area contributed by atoms with Gasteiger partial charge in [0.05, 0.1) is 23.8 Å². The van der Waals surface area contributed by atoms with Crippen molar-refractivity contribution in [3.8, 4) is 0 Å². The van der Waals surface area contributed by atoms with Gasteiger partial charge >= 0.3 is 0 Å². The number of nitrogens with zero attached hydrogens (tertiary/aromatic N) is 2. The fourth-order valence-electron chi connectivity index (χ4n) is 2.08. The van der Waals surface area contributed by atoms with Crippen molar-refractivity contribution in [2.45, 2.75) is 6.54 Å². The first-order valence-corrected chi connectivity index (χ1v) is 6.51. The Balaban J connectivity index is 2.06. The van der Waals surface area contributed by atoms with Crippen LogP contribution in [0.4, 0.5) is 8.78 Å². The summed E-state index contributed by atoms with van der Waals surface area (Å²) in [5.74, 6) is -1.87. The van der Waals surface area contributed by atoms with E-state index in [0.717, 1.165) is 12.1 Å². The molecule has 0 spiro atoms. The Morgan fingerprint density at radius 3 is 2.67 bits per heavy atom. The highest BCUT2D eigenvalue weighted by Crippen LogP contribution is 2.15. The molecule has 0 aliphatic heterocycles. The van der Waals surface area contributed by atoms with Crippen LogP contribution in [-0.4, -0.2) is 9.55 Å². The van der Waals surface area contributed by atoms with Crippen molar-refractivity contribution in [1.29, 1.82) is 0 Å². The molecule has 0 saturated carbocycles. The zero-order valence-corrected chi connectivity index (χ0v) is 11.4. The van der Waals surface area contributed by atoms with E-state index in [1.165, 1.54) is 23.0 Å². The van der Waals surface area contributed by atoms with E-state index in [1.807, 2.05) is 0 Å². The zero-order valence-electron chi connectivity index (χ0n) is 10.7. The lowest BCUT2D eigenvalue weighted by Gasteiger charge is -2.07. The molecule has 1 aromatic heterocycles. The number of fused-ring (bicyclic) bond motifs is 1. The lowest BCUT2D eigenvalue weighted by molar-refractivity contribution is 0.506. The smallest absolute Gasteiger partial charge is 0.261 e. The number of benzene rings is 2. The quantitative estimate of drug-likeness (QED) is 0.727. The average Bonchev–Trinajstić information content (AvgIpc) is 2.46. The molecule has 0 unspecified atom stereocenters. The second-order valence-corrected chi connectivity index (χ2v) is 5.02. The van der Waals surface area contributed by atoms with E-state index in [1.54, 1.807) is 12.1 Å². The lowest BCUT2D eigenvalue weighted by atomic mass is 10.2. The monoisotopic (exact) mass is 306 g/mol. The van der Waals surface area contributed by atoms with Gasteiger partial charge in [-0.3, -0.25) is 9.36 Å². The average molecular weight is 307 g/mol. The van der Waals surface area contributed by atoms with E-state index in [0.29, 0.717) is 21.5 Å². The van der Waals surface area contributed by atoms with Gasteiger partial charge in [0.15, 0.2) is 11.6 Å². The maximum Gasteiger partial charge on any atom is 0.261 e. The minimum Gasteiger partial charge on any atom is -0.294 e. The Morgan fingerprint density at radius 1 is 1.10 bits per heavy atom. The van der Waals surface area contributed by atoms with Gasteiger partial charge in [0, 0.05) is 5.02 Å². The molecule has 1 heterocycles. The number of halogens is 3. The molecule has 0 aliphatic carbocycles. The Morgan fingerprint density at radius 2 is 1.90 bits per heavy atom. The van der Waals surface area contributed by atoms with E-state index < -0.39 is 11.6 Å². The molecule has 0 aliphatic rings. The van der Waals surface area contributed by atoms with E-state index in [2.05, 4.69) is 4.98 Å². The van der Waals surface area contributed by atoms with Crippen molar-refractivity contribution in [1.82, 2.24) is 9.55 Å². The summed E-state index contributed by atoms with van der Waals surface area (Å²) < 4.78 is 27.4. The largest absolute Gasteiger partial charge is 0.294 e. The predicted octanol–water partition coefficient (Wildman–Crippen LogP) is 3.38. The van der Waals surface area contributed by atoms with E-state index >= 15 is 0 Å². The van der Waals surface area contributed by atoms with Gasteiger partial charge in [-0.15, -0.1) is 0 Å². The number of hydrogen-bond donors (Lipinski definition) is 0. The molecule has 6 heteroatoms. The standard InChI is InChI=1S/C15H9ClF2N2O/c16-10-2-4-14-11(6-10)15(21)20(8-19-14)7-9-1-3-12(17)13(18)5-9/h1-6,8H,7H2. The minimum atomic E-state index is -0.947. The van der Waals surface area contributed by atoms with E-state index in [4.69, 9.17) is 11.6 Å². The van der Waals surface area contributed by atoms with E-state index in [-0.39, 0.29) is 12.1 Å². The zero-order chi connectivity index (χ0) is 15.0. The third-order valence-corrected chi connectivity index (χ3v) is 3.36. The second-order valence-electron chi connectivity index (χ2n) is 4.59. The van der Waals surface area contributed by atoms with Crippen molar-refractivity contribution in [2.24, 2.45) is 0 Å². The summed E-state index contributed by atoms with van der Waals surface area (Å²) in [4.78, 5) is 16.5. The van der Waals surface area contributed by atoms with Crippen molar-refractivity contribution >= 4 is 22.5 Å². The van der Waals surface area contributed by atoms with Crippen LogP contribution in [0, 0.1) is 11.6 Å². The summed E-state index contributed by atoms with van der Waals surface area (Å²) in [6, 6.07) is 8.35. The molecular weight excluding hydrogens is 298 g/mol. The summed E-state index contributed by atoms with van der Waals surface area (Å²) in [6.45, 7) is 0.103. The van der Waals surface area contributed by atoms with Gasteiger partial charge in [-0.2, -0.15) is 0 Å². The van der Waals surface area contributed by atoms with Gasteiger partial charge in [-0.05, 0) is 35.9 Å². The van der Waals surface area contributed by atoms with Crippen LogP contribution in [0.2, 0.25) is 5.02 Å². The van der Waals surface area contributed by atoms with Crippen LogP contribution in [0.3, 0.4) is 0 Å². The van der Waals surface area contributed by atoms with Gasteiger partial charge in [-0.25, -0.2) is 13.8 Å². The molecule has 0 amide bonds. The summed E-state index contributed by atoms with van der Waals surface area (Å²) in [7, 11) is 0. The third-order valence-electron chi connectivity index (χ3n) is 3.12. The summed E-state index contributed by atoms with van der Waals surface area (Å²) >= 11 is 5.87. The summed E-state index contributed by atoms with van der Waals surface area (Å²) in [5.41, 5.74) is 0.720. The highest BCUT2D eigenvalue weighted by molar-refractivity contribution is 6.31. The molecule has 3 rings (SSSR count). The topological polar surface area (TPSA) is 34.9 Å². The van der Waals surface area contributed by atoms with Crippen molar-refractivity contribution in [3.63, 3.8) is 0 Å². The summed E-state index contributed by atoms with van der Waals surface area (Å²) in [5, 5.41) is 0.819. The van der Waals surface area contributed by atoms with Crippen LogP contribution in [0.15, 0.2) is 47.5 Å². The van der Waals surface area contributed by atoms with Crippen LogP contribution in [0.5, 0.6) is 0 Å². The van der Waals surface area contributed by atoms with Gasteiger partial charge < -0.3 is 0 Å². The highest BCUT2D eigenvalue weighted by atomic mass is 35.5. The first-order chi connectivity index (χ1) is 10.0. The Labute approximate surface area is 123 Å². The predicted molar refractivity (Wildman–Crippen MR) is 76.5 cm³/mol. The number of rotatable bonds is 2. The van der Waals surface area contributed by atoms with E-state index in [9.17, 15) is 13.6 Å². The normalized spacial score (nSPS) is 11.0.